The monoisotopic (exact) mass is 505 g/mol. The Hall–Kier alpha value is -2.88. The Balaban J connectivity index is 1.61. The summed E-state index contributed by atoms with van der Waals surface area (Å²) in [6, 6.07) is 3.77. The average Bonchev–Trinajstić information content (AvgIpc) is 3.37. The van der Waals surface area contributed by atoms with Crippen molar-refractivity contribution in [1.82, 2.24) is 10.6 Å². The Bertz CT molecular complexity index is 988. The van der Waals surface area contributed by atoms with Gasteiger partial charge in [0.05, 0.1) is 19.1 Å². The van der Waals surface area contributed by atoms with Crippen LogP contribution in [-0.2, 0) is 9.53 Å². The molecule has 2 aliphatic rings. The minimum atomic E-state index is -0.494. The highest BCUT2D eigenvalue weighted by atomic mass is 32.2. The summed E-state index contributed by atoms with van der Waals surface area (Å²) in [6.45, 7) is 7.89. The predicted molar refractivity (Wildman–Crippen MR) is 137 cm³/mol. The maximum atomic E-state index is 12.1. The number of carbonyl (C=O) groups is 3. The first kappa shape index (κ1) is 26.7. The Labute approximate surface area is 210 Å². The highest BCUT2D eigenvalue weighted by Gasteiger charge is 2.28. The molecule has 192 valence electrons. The molecule has 2 aliphatic heterocycles. The second kappa shape index (κ2) is 11.7. The Morgan fingerprint density at radius 3 is 2.54 bits per heavy atom. The van der Waals surface area contributed by atoms with Crippen LogP contribution in [0.4, 0.5) is 15.3 Å². The fourth-order valence-electron chi connectivity index (χ4n) is 4.19. The quantitative estimate of drug-likeness (QED) is 0.372. The maximum absolute atomic E-state index is 12.1. The van der Waals surface area contributed by atoms with Crippen LogP contribution < -0.4 is 25.0 Å². The van der Waals surface area contributed by atoms with Gasteiger partial charge in [0.2, 0.25) is 0 Å². The van der Waals surface area contributed by atoms with E-state index in [-0.39, 0.29) is 17.2 Å². The zero-order valence-corrected chi connectivity index (χ0v) is 21.9. The predicted octanol–water partition coefficient (Wildman–Crippen LogP) is 4.55. The first-order chi connectivity index (χ1) is 16.6. The van der Waals surface area contributed by atoms with Crippen LogP contribution in [0.5, 0.6) is 11.5 Å². The van der Waals surface area contributed by atoms with Gasteiger partial charge in [-0.1, -0.05) is 6.42 Å². The molecule has 3 amide bonds. The molecule has 1 atom stereocenters. The van der Waals surface area contributed by atoms with Gasteiger partial charge in [-0.25, -0.2) is 4.79 Å². The molecule has 10 heteroatoms. The molecule has 2 saturated heterocycles. The molecule has 0 bridgehead atoms. The maximum Gasteiger partial charge on any atom is 0.407 e. The number of unbranched alkanes of at least 4 members (excludes halogenated alkanes) is 1. The molecule has 1 aromatic rings. The molecule has 0 saturated carbocycles. The van der Waals surface area contributed by atoms with E-state index < -0.39 is 5.60 Å². The van der Waals surface area contributed by atoms with E-state index in [2.05, 4.69) is 15.5 Å². The molecule has 3 rings (SSSR count). The zero-order chi connectivity index (χ0) is 25.6. The fourth-order valence-corrected chi connectivity index (χ4v) is 4.86. The molecule has 0 aromatic heterocycles. The van der Waals surface area contributed by atoms with Crippen molar-refractivity contribution in [3.8, 4) is 11.5 Å². The molecule has 2 fully saturated rings. The van der Waals surface area contributed by atoms with Crippen molar-refractivity contribution in [2.24, 2.45) is 5.92 Å². The standard InChI is InChI=1S/C25H35N3O6S/c1-25(2,3)34-23(30)26-10-7-6-8-16-9-11-28(15-16)18-14-20(33-5)19(32-4)12-17(18)13-21-22(29)27-24(31)35-21/h12-14,16H,6-11,15H2,1-5H3,(H,26,30)(H,27,29,31)/b21-13-/t16-/m1/s1. The second-order valence-corrected chi connectivity index (χ2v) is 10.7. The van der Waals surface area contributed by atoms with Gasteiger partial charge in [-0.3, -0.25) is 14.9 Å². The molecule has 0 spiro atoms. The average molecular weight is 506 g/mol. The highest BCUT2D eigenvalue weighted by molar-refractivity contribution is 8.18. The van der Waals surface area contributed by atoms with Crippen LogP contribution in [-0.4, -0.2) is 56.7 Å². The van der Waals surface area contributed by atoms with Crippen LogP contribution in [0, 0.1) is 5.92 Å². The molecule has 9 nitrogen and oxygen atoms in total. The molecule has 2 heterocycles. The van der Waals surface area contributed by atoms with E-state index in [0.717, 1.165) is 61.8 Å². The van der Waals surface area contributed by atoms with E-state index in [4.69, 9.17) is 14.2 Å². The van der Waals surface area contributed by atoms with E-state index in [1.807, 2.05) is 32.9 Å². The summed E-state index contributed by atoms with van der Waals surface area (Å²) >= 11 is 0.896. The number of carbonyl (C=O) groups excluding carboxylic acids is 3. The van der Waals surface area contributed by atoms with E-state index >= 15 is 0 Å². The summed E-state index contributed by atoms with van der Waals surface area (Å²) in [5.41, 5.74) is 1.25. The number of methoxy groups -OCH3 is 2. The second-order valence-electron chi connectivity index (χ2n) is 9.64. The minimum absolute atomic E-state index is 0.358. The number of alkyl carbamates (subject to hydrolysis) is 1. The summed E-state index contributed by atoms with van der Waals surface area (Å²) < 4.78 is 16.2. The highest BCUT2D eigenvalue weighted by Crippen LogP contribution is 2.40. The number of ether oxygens (including phenoxy) is 3. The number of nitrogens with zero attached hydrogens (tertiary/aromatic N) is 1. The largest absolute Gasteiger partial charge is 0.493 e. The summed E-state index contributed by atoms with van der Waals surface area (Å²) in [5, 5.41) is 4.74. The number of thioether (sulfide) groups is 1. The lowest BCUT2D eigenvalue weighted by Gasteiger charge is -2.23. The number of imide groups is 1. The van der Waals surface area contributed by atoms with Crippen LogP contribution in [0.15, 0.2) is 17.0 Å². The number of benzene rings is 1. The van der Waals surface area contributed by atoms with Gasteiger partial charge in [-0.05, 0) is 69.9 Å². The smallest absolute Gasteiger partial charge is 0.407 e. The van der Waals surface area contributed by atoms with Crippen LogP contribution in [0.25, 0.3) is 6.08 Å². The van der Waals surface area contributed by atoms with E-state index in [1.165, 1.54) is 0 Å². The van der Waals surface area contributed by atoms with Crippen LogP contribution in [0.1, 0.15) is 52.0 Å². The Kier molecular flexibility index (Phi) is 8.93. The van der Waals surface area contributed by atoms with Crippen LogP contribution in [0.3, 0.4) is 0 Å². The molecule has 2 N–H and O–H groups in total. The van der Waals surface area contributed by atoms with Gasteiger partial charge in [-0.15, -0.1) is 0 Å². The summed E-state index contributed by atoms with van der Waals surface area (Å²) in [7, 11) is 3.16. The Morgan fingerprint density at radius 1 is 1.20 bits per heavy atom. The fraction of sp³-hybridized carbons (Fsp3) is 0.560. The lowest BCUT2D eigenvalue weighted by molar-refractivity contribution is -0.115. The van der Waals surface area contributed by atoms with Crippen molar-refractivity contribution in [1.29, 1.82) is 0 Å². The van der Waals surface area contributed by atoms with Gasteiger partial charge < -0.3 is 24.4 Å². The molecule has 35 heavy (non-hydrogen) atoms. The van der Waals surface area contributed by atoms with Gasteiger partial charge in [0, 0.05) is 37.0 Å². The molecule has 0 unspecified atom stereocenters. The number of nitrogens with one attached hydrogen (secondary N) is 2. The van der Waals surface area contributed by atoms with Gasteiger partial charge in [0.1, 0.15) is 5.60 Å². The third-order valence-corrected chi connectivity index (χ3v) is 6.61. The van der Waals surface area contributed by atoms with Gasteiger partial charge in [-0.2, -0.15) is 0 Å². The van der Waals surface area contributed by atoms with Crippen molar-refractivity contribution < 1.29 is 28.6 Å². The molecule has 0 radical (unpaired) electrons. The van der Waals surface area contributed by atoms with Gasteiger partial charge >= 0.3 is 6.09 Å². The van der Waals surface area contributed by atoms with E-state index in [9.17, 15) is 14.4 Å². The molecule has 0 aliphatic carbocycles. The number of hydrogen-bond donors (Lipinski definition) is 2. The number of amides is 3. The van der Waals surface area contributed by atoms with Gasteiger partial charge in [0.25, 0.3) is 11.1 Å². The summed E-state index contributed by atoms with van der Waals surface area (Å²) in [4.78, 5) is 38.1. The SMILES string of the molecule is COc1cc(/C=C2\SC(=O)NC2=O)c(N2CC[C@@H](CCCCNC(=O)OC(C)(C)C)C2)cc1OC. The van der Waals surface area contributed by atoms with Crippen LogP contribution in [0.2, 0.25) is 0 Å². The molecular formula is C25H35N3O6S. The zero-order valence-electron chi connectivity index (χ0n) is 21.1. The number of anilines is 1. The number of hydrogen-bond acceptors (Lipinski definition) is 8. The number of rotatable bonds is 9. The summed E-state index contributed by atoms with van der Waals surface area (Å²) in [6.07, 6.45) is 5.37. The molecule has 1 aromatic carbocycles. The van der Waals surface area contributed by atoms with Crippen molar-refractivity contribution >= 4 is 40.8 Å². The lowest BCUT2D eigenvalue weighted by atomic mass is 10.0. The van der Waals surface area contributed by atoms with Crippen molar-refractivity contribution in [2.75, 3.05) is 38.8 Å². The summed E-state index contributed by atoms with van der Waals surface area (Å²) in [5.74, 6) is 1.31. The van der Waals surface area contributed by atoms with Gasteiger partial charge in [0.15, 0.2) is 11.5 Å². The third kappa shape index (κ3) is 7.55. The first-order valence-electron chi connectivity index (χ1n) is 11.8. The third-order valence-electron chi connectivity index (χ3n) is 5.80. The van der Waals surface area contributed by atoms with Crippen molar-refractivity contribution in [3.63, 3.8) is 0 Å². The normalized spacial score (nSPS) is 19.2. The lowest BCUT2D eigenvalue weighted by Crippen LogP contribution is -2.33. The van der Waals surface area contributed by atoms with E-state index in [1.54, 1.807) is 20.3 Å². The van der Waals surface area contributed by atoms with Crippen molar-refractivity contribution in [2.45, 2.75) is 52.1 Å². The minimum Gasteiger partial charge on any atom is -0.493 e. The van der Waals surface area contributed by atoms with Crippen LogP contribution >= 0.6 is 11.8 Å². The first-order valence-corrected chi connectivity index (χ1v) is 12.6. The molecular weight excluding hydrogens is 470 g/mol. The van der Waals surface area contributed by atoms with Crippen molar-refractivity contribution in [3.05, 3.63) is 22.6 Å². The Morgan fingerprint density at radius 2 is 1.91 bits per heavy atom. The topological polar surface area (TPSA) is 106 Å². The van der Waals surface area contributed by atoms with E-state index in [0.29, 0.717) is 28.9 Å².